The molecule has 0 aliphatic carbocycles. The number of rotatable bonds is 5. The zero-order chi connectivity index (χ0) is 11.3. The zero-order valence-corrected chi connectivity index (χ0v) is 9.28. The fourth-order valence-electron chi connectivity index (χ4n) is 1.30. The lowest BCUT2D eigenvalue weighted by Crippen LogP contribution is -2.52. The first-order valence-electron chi connectivity index (χ1n) is 5.22. The summed E-state index contributed by atoms with van der Waals surface area (Å²) in [5.74, 6) is 0.353. The van der Waals surface area contributed by atoms with Gasteiger partial charge in [-0.2, -0.15) is 0 Å². The van der Waals surface area contributed by atoms with Crippen molar-refractivity contribution in [2.45, 2.75) is 13.8 Å². The highest BCUT2D eigenvalue weighted by molar-refractivity contribution is 5.92. The maximum Gasteiger partial charge on any atom is 0.242 e. The van der Waals surface area contributed by atoms with Crippen LogP contribution in [-0.4, -0.2) is 49.6 Å². The first kappa shape index (κ1) is 12.0. The van der Waals surface area contributed by atoms with Crippen molar-refractivity contribution in [3.63, 3.8) is 0 Å². The monoisotopic (exact) mass is 214 g/mol. The minimum absolute atomic E-state index is 0.0391. The third-order valence-corrected chi connectivity index (χ3v) is 2.08. The Morgan fingerprint density at radius 2 is 2.20 bits per heavy atom. The molecule has 1 fully saturated rings. The Morgan fingerprint density at radius 3 is 2.87 bits per heavy atom. The summed E-state index contributed by atoms with van der Waals surface area (Å²) in [6, 6.07) is 0. The number of ether oxygens (including phenoxy) is 1. The molecule has 1 N–H and O–H groups in total. The van der Waals surface area contributed by atoms with Crippen LogP contribution >= 0.6 is 0 Å². The van der Waals surface area contributed by atoms with Crippen LogP contribution < -0.4 is 5.32 Å². The third kappa shape index (κ3) is 4.29. The van der Waals surface area contributed by atoms with Gasteiger partial charge >= 0.3 is 0 Å². The molecule has 0 radical (unpaired) electrons. The molecule has 0 spiro atoms. The van der Waals surface area contributed by atoms with Gasteiger partial charge in [0.2, 0.25) is 11.8 Å². The molecule has 2 amide bonds. The SMILES string of the molecule is CC(C)COCCN1CC(=O)NCC1=O. The van der Waals surface area contributed by atoms with Crippen LogP contribution in [0.15, 0.2) is 0 Å². The molecule has 1 aliphatic heterocycles. The summed E-state index contributed by atoms with van der Waals surface area (Å²) in [6.45, 7) is 6.09. The minimum Gasteiger partial charge on any atom is -0.379 e. The van der Waals surface area contributed by atoms with Crippen molar-refractivity contribution in [1.29, 1.82) is 0 Å². The molecule has 5 nitrogen and oxygen atoms in total. The number of nitrogens with one attached hydrogen (secondary N) is 1. The van der Waals surface area contributed by atoms with Crippen LogP contribution in [0.5, 0.6) is 0 Å². The van der Waals surface area contributed by atoms with Gasteiger partial charge in [0.05, 0.1) is 19.7 Å². The van der Waals surface area contributed by atoms with E-state index in [1.54, 1.807) is 0 Å². The maximum absolute atomic E-state index is 11.3. The Kier molecular flexibility index (Phi) is 4.55. The third-order valence-electron chi connectivity index (χ3n) is 2.08. The molecule has 1 rings (SSSR count). The smallest absolute Gasteiger partial charge is 0.242 e. The van der Waals surface area contributed by atoms with Crippen LogP contribution in [0.3, 0.4) is 0 Å². The van der Waals surface area contributed by atoms with Crippen molar-refractivity contribution in [3.8, 4) is 0 Å². The van der Waals surface area contributed by atoms with E-state index in [-0.39, 0.29) is 24.9 Å². The van der Waals surface area contributed by atoms with Crippen LogP contribution in [0.25, 0.3) is 0 Å². The molecular weight excluding hydrogens is 196 g/mol. The first-order chi connectivity index (χ1) is 7.09. The van der Waals surface area contributed by atoms with Gasteiger partial charge in [-0.3, -0.25) is 9.59 Å². The predicted octanol–water partition coefficient (Wildman–Crippen LogP) is -0.383. The van der Waals surface area contributed by atoms with E-state index in [9.17, 15) is 9.59 Å². The van der Waals surface area contributed by atoms with Gasteiger partial charge in [-0.15, -0.1) is 0 Å². The van der Waals surface area contributed by atoms with E-state index in [1.165, 1.54) is 4.90 Å². The Labute approximate surface area is 89.8 Å². The van der Waals surface area contributed by atoms with Crippen molar-refractivity contribution in [2.24, 2.45) is 5.92 Å². The fraction of sp³-hybridized carbons (Fsp3) is 0.800. The molecule has 0 saturated carbocycles. The lowest BCUT2D eigenvalue weighted by Gasteiger charge is -2.26. The number of carbonyl (C=O) groups is 2. The number of carbonyl (C=O) groups excluding carboxylic acids is 2. The van der Waals surface area contributed by atoms with E-state index in [2.05, 4.69) is 19.2 Å². The van der Waals surface area contributed by atoms with E-state index in [0.717, 1.165) is 0 Å². The quantitative estimate of drug-likeness (QED) is 0.634. The normalized spacial score (nSPS) is 17.1. The Balaban J connectivity index is 2.19. The number of amides is 2. The lowest BCUT2D eigenvalue weighted by molar-refractivity contribution is -0.141. The van der Waals surface area contributed by atoms with E-state index in [0.29, 0.717) is 25.7 Å². The molecule has 0 aromatic heterocycles. The number of piperazine rings is 1. The largest absolute Gasteiger partial charge is 0.379 e. The molecule has 1 saturated heterocycles. The van der Waals surface area contributed by atoms with Gasteiger partial charge in [0.25, 0.3) is 0 Å². The summed E-state index contributed by atoms with van der Waals surface area (Å²) in [4.78, 5) is 23.9. The van der Waals surface area contributed by atoms with E-state index < -0.39 is 0 Å². The van der Waals surface area contributed by atoms with Crippen molar-refractivity contribution < 1.29 is 14.3 Å². The average molecular weight is 214 g/mol. The molecule has 0 bridgehead atoms. The van der Waals surface area contributed by atoms with E-state index in [4.69, 9.17) is 4.74 Å². The molecule has 1 heterocycles. The molecule has 15 heavy (non-hydrogen) atoms. The summed E-state index contributed by atoms with van der Waals surface area (Å²) in [5.41, 5.74) is 0. The van der Waals surface area contributed by atoms with E-state index in [1.807, 2.05) is 0 Å². The zero-order valence-electron chi connectivity index (χ0n) is 9.28. The highest BCUT2D eigenvalue weighted by Crippen LogP contribution is 1.97. The summed E-state index contributed by atoms with van der Waals surface area (Å²) < 4.78 is 5.36. The van der Waals surface area contributed by atoms with Gasteiger partial charge in [-0.25, -0.2) is 0 Å². The topological polar surface area (TPSA) is 58.6 Å². The predicted molar refractivity (Wildman–Crippen MR) is 55.2 cm³/mol. The minimum atomic E-state index is -0.0986. The van der Waals surface area contributed by atoms with Crippen molar-refractivity contribution in [3.05, 3.63) is 0 Å². The Bertz CT molecular complexity index is 241. The molecule has 0 aromatic carbocycles. The number of hydrogen-bond donors (Lipinski definition) is 1. The van der Waals surface area contributed by atoms with Gasteiger partial charge < -0.3 is 15.0 Å². The second kappa shape index (κ2) is 5.70. The molecular formula is C10H18N2O3. The highest BCUT2D eigenvalue weighted by atomic mass is 16.5. The second-order valence-electron chi connectivity index (χ2n) is 4.06. The summed E-state index contributed by atoms with van der Waals surface area (Å²) in [7, 11) is 0. The van der Waals surface area contributed by atoms with Gasteiger partial charge in [-0.05, 0) is 5.92 Å². The summed E-state index contributed by atoms with van der Waals surface area (Å²) >= 11 is 0. The fourth-order valence-corrected chi connectivity index (χ4v) is 1.30. The number of hydrogen-bond acceptors (Lipinski definition) is 3. The highest BCUT2D eigenvalue weighted by Gasteiger charge is 2.22. The average Bonchev–Trinajstić information content (AvgIpc) is 2.17. The molecule has 0 unspecified atom stereocenters. The van der Waals surface area contributed by atoms with Crippen molar-refractivity contribution >= 4 is 11.8 Å². The standard InChI is InChI=1S/C10H18N2O3/c1-8(2)7-15-4-3-12-6-9(13)11-5-10(12)14/h8H,3-7H2,1-2H3,(H,11,13). The van der Waals surface area contributed by atoms with Crippen LogP contribution in [-0.2, 0) is 14.3 Å². The van der Waals surface area contributed by atoms with Gasteiger partial charge in [-0.1, -0.05) is 13.8 Å². The molecule has 0 aromatic rings. The number of nitrogens with zero attached hydrogens (tertiary/aromatic N) is 1. The second-order valence-corrected chi connectivity index (χ2v) is 4.06. The Morgan fingerprint density at radius 1 is 1.47 bits per heavy atom. The summed E-state index contributed by atoms with van der Waals surface area (Å²) in [5, 5.41) is 2.50. The maximum atomic E-state index is 11.3. The first-order valence-corrected chi connectivity index (χ1v) is 5.22. The van der Waals surface area contributed by atoms with Crippen LogP contribution in [0.4, 0.5) is 0 Å². The van der Waals surface area contributed by atoms with E-state index >= 15 is 0 Å². The van der Waals surface area contributed by atoms with Crippen LogP contribution in [0, 0.1) is 5.92 Å². The van der Waals surface area contributed by atoms with Crippen molar-refractivity contribution in [1.82, 2.24) is 10.2 Å². The van der Waals surface area contributed by atoms with Gasteiger partial charge in [0.1, 0.15) is 0 Å². The summed E-state index contributed by atoms with van der Waals surface area (Å²) in [6.07, 6.45) is 0. The lowest BCUT2D eigenvalue weighted by atomic mass is 10.2. The van der Waals surface area contributed by atoms with Crippen LogP contribution in [0.1, 0.15) is 13.8 Å². The van der Waals surface area contributed by atoms with Gasteiger partial charge in [0.15, 0.2) is 0 Å². The van der Waals surface area contributed by atoms with Gasteiger partial charge in [0, 0.05) is 13.2 Å². The molecule has 86 valence electrons. The molecule has 0 atom stereocenters. The Hall–Kier alpha value is -1.10. The van der Waals surface area contributed by atoms with Crippen molar-refractivity contribution in [2.75, 3.05) is 32.8 Å². The van der Waals surface area contributed by atoms with Crippen LogP contribution in [0.2, 0.25) is 0 Å². The molecule has 1 aliphatic rings. The molecule has 5 heteroatoms.